The Hall–Kier alpha value is -3.20. The van der Waals surface area contributed by atoms with E-state index in [2.05, 4.69) is 46.8 Å². The van der Waals surface area contributed by atoms with Crippen molar-refractivity contribution in [1.82, 2.24) is 4.98 Å². The summed E-state index contributed by atoms with van der Waals surface area (Å²) in [7, 11) is 2.03. The number of rotatable bonds is 3. The maximum absolute atomic E-state index is 8.98. The van der Waals surface area contributed by atoms with Gasteiger partial charge in [0.2, 0.25) is 11.4 Å². The molecule has 1 fully saturated rings. The maximum Gasteiger partial charge on any atom is 0.227 e. The van der Waals surface area contributed by atoms with Crippen molar-refractivity contribution in [2.45, 2.75) is 45.4 Å². The monoisotopic (exact) mass is 423 g/mol. The number of hydrogen-bond donors (Lipinski definition) is 0. The molecular weight excluding hydrogens is 392 g/mol. The van der Waals surface area contributed by atoms with Gasteiger partial charge in [0.1, 0.15) is 12.6 Å². The van der Waals surface area contributed by atoms with Crippen LogP contribution in [0.4, 0.5) is 0 Å². The highest BCUT2D eigenvalue weighted by Crippen LogP contribution is 2.37. The molecule has 160 valence electrons. The fourth-order valence-electron chi connectivity index (χ4n) is 5.23. The van der Waals surface area contributed by atoms with Crippen molar-refractivity contribution >= 4 is 32.8 Å². The molecule has 0 radical (unpaired) electrons. The Bertz CT molecular complexity index is 1550. The van der Waals surface area contributed by atoms with Crippen LogP contribution in [0.1, 0.15) is 46.0 Å². The quantitative estimate of drug-likeness (QED) is 0.291. The lowest BCUT2D eigenvalue weighted by Crippen LogP contribution is -2.31. The van der Waals surface area contributed by atoms with Crippen molar-refractivity contribution in [1.29, 1.82) is 0 Å². The van der Waals surface area contributed by atoms with Crippen molar-refractivity contribution in [3.8, 4) is 11.3 Å². The van der Waals surface area contributed by atoms with Crippen LogP contribution in [-0.4, -0.2) is 4.98 Å². The first kappa shape index (κ1) is 17.4. The van der Waals surface area contributed by atoms with Crippen LogP contribution in [0.5, 0.6) is 0 Å². The molecule has 6 rings (SSSR count). The third-order valence-corrected chi connectivity index (χ3v) is 6.97. The van der Waals surface area contributed by atoms with E-state index in [-0.39, 0.29) is 5.92 Å². The molecule has 3 heterocycles. The fourth-order valence-corrected chi connectivity index (χ4v) is 5.23. The van der Waals surface area contributed by atoms with Crippen molar-refractivity contribution in [3.05, 3.63) is 72.1 Å². The van der Waals surface area contributed by atoms with Crippen molar-refractivity contribution in [2.24, 2.45) is 13.0 Å². The van der Waals surface area contributed by atoms with Gasteiger partial charge in [-0.1, -0.05) is 56.4 Å². The predicted octanol–water partition coefficient (Wildman–Crippen LogP) is 7.06. The van der Waals surface area contributed by atoms with E-state index in [1.165, 1.54) is 6.42 Å². The standard InChI is InChI=1S/C29H29N2O/c1-19-14-27-25(28-23-11-7-6-10-22(23)18-30-29(28)32-27)17-24(19)26-16-21(12-13-31(26)2)15-20-8-4-3-5-9-20/h6-7,10-14,16-18,20H,3-5,8-9,15H2,1-2H3/q+1/i15D2. The number of aryl methyl sites for hydroxylation is 2. The predicted molar refractivity (Wildman–Crippen MR) is 131 cm³/mol. The van der Waals surface area contributed by atoms with Crippen molar-refractivity contribution in [2.75, 3.05) is 0 Å². The summed E-state index contributed by atoms with van der Waals surface area (Å²) < 4.78 is 26.2. The molecule has 2 aromatic carbocycles. The molecule has 1 aliphatic carbocycles. The van der Waals surface area contributed by atoms with E-state index in [9.17, 15) is 0 Å². The Morgan fingerprint density at radius 2 is 1.91 bits per heavy atom. The normalized spacial score (nSPS) is 16.6. The number of hydrogen-bond acceptors (Lipinski definition) is 2. The highest BCUT2D eigenvalue weighted by molar-refractivity contribution is 6.18. The van der Waals surface area contributed by atoms with Crippen LogP contribution in [0.25, 0.3) is 44.1 Å². The minimum absolute atomic E-state index is 0.0839. The molecule has 32 heavy (non-hydrogen) atoms. The number of aromatic nitrogens is 2. The van der Waals surface area contributed by atoms with Gasteiger partial charge in [0.05, 0.1) is 5.39 Å². The summed E-state index contributed by atoms with van der Waals surface area (Å²) in [5, 5.41) is 4.30. The molecule has 0 atom stereocenters. The Morgan fingerprint density at radius 3 is 2.78 bits per heavy atom. The van der Waals surface area contributed by atoms with Gasteiger partial charge < -0.3 is 4.42 Å². The summed E-state index contributed by atoms with van der Waals surface area (Å²) in [6.45, 7) is 2.09. The molecule has 0 spiro atoms. The molecule has 0 amide bonds. The van der Waals surface area contributed by atoms with Gasteiger partial charge in [-0.25, -0.2) is 9.55 Å². The van der Waals surface area contributed by atoms with Crippen LogP contribution in [0.15, 0.2) is 65.3 Å². The second-order valence-corrected chi connectivity index (χ2v) is 9.18. The molecule has 1 aliphatic rings. The fraction of sp³-hybridized carbons (Fsp3) is 0.310. The zero-order valence-electron chi connectivity index (χ0n) is 20.7. The van der Waals surface area contributed by atoms with E-state index >= 15 is 0 Å². The van der Waals surface area contributed by atoms with E-state index in [4.69, 9.17) is 7.16 Å². The van der Waals surface area contributed by atoms with Crippen molar-refractivity contribution in [3.63, 3.8) is 0 Å². The topological polar surface area (TPSA) is 29.9 Å². The maximum atomic E-state index is 8.98. The Labute approximate surface area is 191 Å². The zero-order valence-corrected chi connectivity index (χ0v) is 18.7. The number of nitrogens with zero attached hydrogens (tertiary/aromatic N) is 2. The van der Waals surface area contributed by atoms with Gasteiger partial charge in [0.15, 0.2) is 6.20 Å². The third kappa shape index (κ3) is 3.28. The molecule has 3 nitrogen and oxygen atoms in total. The van der Waals surface area contributed by atoms with Crippen LogP contribution < -0.4 is 4.57 Å². The molecule has 1 saturated carbocycles. The van der Waals surface area contributed by atoms with E-state index in [0.29, 0.717) is 5.71 Å². The third-order valence-electron chi connectivity index (χ3n) is 6.97. The van der Waals surface area contributed by atoms with Gasteiger partial charge in [-0.3, -0.25) is 0 Å². The minimum atomic E-state index is -1.33. The number of benzene rings is 2. The first-order valence-electron chi connectivity index (χ1n) is 12.6. The van der Waals surface area contributed by atoms with E-state index < -0.39 is 6.37 Å². The van der Waals surface area contributed by atoms with Crippen LogP contribution >= 0.6 is 0 Å². The number of fused-ring (bicyclic) bond motifs is 5. The molecule has 0 N–H and O–H groups in total. The van der Waals surface area contributed by atoms with Crippen molar-refractivity contribution < 1.29 is 11.7 Å². The van der Waals surface area contributed by atoms with Gasteiger partial charge in [0.25, 0.3) is 0 Å². The van der Waals surface area contributed by atoms with Crippen LogP contribution in [0.3, 0.4) is 0 Å². The average Bonchev–Trinajstić information content (AvgIpc) is 3.22. The first-order valence-corrected chi connectivity index (χ1v) is 11.6. The SMILES string of the molecule is [2H]C([2H])(c1cc[n+](C)c(-c2cc3c(cc2C)oc2ncc4ccccc4c23)c1)C1CCCCC1. The smallest absolute Gasteiger partial charge is 0.227 e. The molecule has 3 aromatic heterocycles. The second-order valence-electron chi connectivity index (χ2n) is 9.18. The molecule has 5 aromatic rings. The van der Waals surface area contributed by atoms with Gasteiger partial charge in [-0.15, -0.1) is 0 Å². The average molecular weight is 424 g/mol. The summed E-state index contributed by atoms with van der Waals surface area (Å²) >= 11 is 0. The Kier molecular flexibility index (Phi) is 4.20. The highest BCUT2D eigenvalue weighted by Gasteiger charge is 2.20. The number of pyridine rings is 2. The second kappa shape index (κ2) is 7.74. The summed E-state index contributed by atoms with van der Waals surface area (Å²) in [6.07, 6.45) is 7.95. The summed E-state index contributed by atoms with van der Waals surface area (Å²) in [6, 6.07) is 16.6. The van der Waals surface area contributed by atoms with E-state index in [1.807, 2.05) is 37.6 Å². The number of furan rings is 1. The summed E-state index contributed by atoms with van der Waals surface area (Å²) in [5.74, 6) is 0.0839. The molecule has 3 heteroatoms. The van der Waals surface area contributed by atoms with E-state index in [1.54, 1.807) is 0 Å². The zero-order chi connectivity index (χ0) is 23.4. The lowest BCUT2D eigenvalue weighted by atomic mass is 9.85. The van der Waals surface area contributed by atoms with Gasteiger partial charge in [-0.2, -0.15) is 0 Å². The molecule has 0 saturated heterocycles. The van der Waals surface area contributed by atoms with Gasteiger partial charge >= 0.3 is 0 Å². The molecule has 0 unspecified atom stereocenters. The summed E-state index contributed by atoms with van der Waals surface area (Å²) in [5.41, 5.74) is 5.46. The van der Waals surface area contributed by atoms with Crippen LogP contribution in [0.2, 0.25) is 0 Å². The Morgan fingerprint density at radius 1 is 1.06 bits per heavy atom. The highest BCUT2D eigenvalue weighted by atomic mass is 16.3. The first-order chi connectivity index (χ1) is 16.4. The minimum Gasteiger partial charge on any atom is -0.438 e. The lowest BCUT2D eigenvalue weighted by Gasteiger charge is -2.21. The van der Waals surface area contributed by atoms with Crippen LogP contribution in [-0.2, 0) is 13.4 Å². The molecule has 0 bridgehead atoms. The van der Waals surface area contributed by atoms with Crippen LogP contribution in [0, 0.1) is 12.8 Å². The van der Waals surface area contributed by atoms with E-state index in [0.717, 1.165) is 75.2 Å². The largest absolute Gasteiger partial charge is 0.438 e. The molecular formula is C29H29N2O+. The molecule has 0 aliphatic heterocycles. The summed E-state index contributed by atoms with van der Waals surface area (Å²) in [4.78, 5) is 4.57. The van der Waals surface area contributed by atoms with Gasteiger partial charge in [0, 0.05) is 37.4 Å². The van der Waals surface area contributed by atoms with Gasteiger partial charge in [-0.05, 0) is 47.9 Å². The Balaban J connectivity index is 1.55. The lowest BCUT2D eigenvalue weighted by molar-refractivity contribution is -0.660.